The molecule has 174 valence electrons. The Balaban J connectivity index is 1.58. The van der Waals surface area contributed by atoms with Gasteiger partial charge in [-0.3, -0.25) is 19.5 Å². The molecule has 4 aromatic rings. The Kier molecular flexibility index (Phi) is 7.12. The number of rotatable bonds is 8. The van der Waals surface area contributed by atoms with Crippen LogP contribution in [0.1, 0.15) is 23.0 Å². The lowest BCUT2D eigenvalue weighted by molar-refractivity contribution is -0.117. The normalized spacial score (nSPS) is 10.8. The van der Waals surface area contributed by atoms with Crippen molar-refractivity contribution in [3.05, 3.63) is 78.1 Å². The molecule has 4 rings (SSSR count). The van der Waals surface area contributed by atoms with Crippen LogP contribution in [0.4, 0.5) is 0 Å². The summed E-state index contributed by atoms with van der Waals surface area (Å²) in [5.74, 6) is 0.597. The number of amides is 2. The van der Waals surface area contributed by atoms with Crippen molar-refractivity contribution >= 4 is 23.6 Å². The largest absolute Gasteiger partial charge is 0.494 e. The highest BCUT2D eigenvalue weighted by molar-refractivity contribution is 7.99. The average Bonchev–Trinajstić information content (AvgIpc) is 3.45. The number of thioether (sulfide) groups is 1. The molecule has 2 aromatic carbocycles. The van der Waals surface area contributed by atoms with Crippen molar-refractivity contribution in [2.75, 3.05) is 12.4 Å². The van der Waals surface area contributed by atoms with E-state index in [2.05, 4.69) is 15.5 Å². The van der Waals surface area contributed by atoms with Crippen molar-refractivity contribution in [2.24, 2.45) is 7.05 Å². The van der Waals surface area contributed by atoms with E-state index in [1.165, 1.54) is 11.8 Å². The molecular formula is C25H25N5O3S. The van der Waals surface area contributed by atoms with Gasteiger partial charge in [-0.15, -0.1) is 10.2 Å². The first-order valence-electron chi connectivity index (χ1n) is 10.8. The van der Waals surface area contributed by atoms with Gasteiger partial charge in [-0.1, -0.05) is 35.5 Å². The van der Waals surface area contributed by atoms with E-state index in [0.717, 1.165) is 22.6 Å². The second kappa shape index (κ2) is 10.4. The number of nitrogens with zero attached hydrogens (tertiary/aromatic N) is 4. The molecule has 8 nitrogen and oxygen atoms in total. The zero-order valence-corrected chi connectivity index (χ0v) is 20.0. The zero-order valence-electron chi connectivity index (χ0n) is 19.2. The number of benzene rings is 2. The standard InChI is InChI=1S/C25H25N5O3S/c1-4-33-20-12-10-19(11-13-20)30-23(18-8-5-7-17(2)15-18)27-28-25(30)34-16-22(31)26-24(32)21-9-6-14-29(21)3/h5-15H,4,16H2,1-3H3,(H,26,31,32). The van der Waals surface area contributed by atoms with Crippen molar-refractivity contribution in [3.8, 4) is 22.8 Å². The van der Waals surface area contributed by atoms with E-state index < -0.39 is 11.8 Å². The molecule has 0 radical (unpaired) electrons. The van der Waals surface area contributed by atoms with Crippen molar-refractivity contribution in [1.29, 1.82) is 0 Å². The molecule has 9 heteroatoms. The average molecular weight is 476 g/mol. The van der Waals surface area contributed by atoms with Crippen LogP contribution in [-0.4, -0.2) is 43.5 Å². The molecule has 0 saturated carbocycles. The van der Waals surface area contributed by atoms with Crippen molar-refractivity contribution in [3.63, 3.8) is 0 Å². The van der Waals surface area contributed by atoms with E-state index >= 15 is 0 Å². The molecule has 0 saturated heterocycles. The van der Waals surface area contributed by atoms with Crippen LogP contribution in [0.3, 0.4) is 0 Å². The summed E-state index contributed by atoms with van der Waals surface area (Å²) in [5.41, 5.74) is 3.27. The van der Waals surface area contributed by atoms with Gasteiger partial charge in [0.1, 0.15) is 11.4 Å². The lowest BCUT2D eigenvalue weighted by atomic mass is 10.1. The summed E-state index contributed by atoms with van der Waals surface area (Å²) in [7, 11) is 1.75. The molecule has 0 aliphatic rings. The third kappa shape index (κ3) is 5.20. The van der Waals surface area contributed by atoms with Crippen molar-refractivity contribution in [1.82, 2.24) is 24.6 Å². The van der Waals surface area contributed by atoms with Crippen LogP contribution >= 0.6 is 11.8 Å². The molecular weight excluding hydrogens is 450 g/mol. The van der Waals surface area contributed by atoms with E-state index in [0.29, 0.717) is 23.3 Å². The Labute approximate surface area is 202 Å². The van der Waals surface area contributed by atoms with Gasteiger partial charge in [0, 0.05) is 24.5 Å². The molecule has 0 aliphatic carbocycles. The van der Waals surface area contributed by atoms with Gasteiger partial charge in [-0.25, -0.2) is 0 Å². The Morgan fingerprint density at radius 1 is 1.06 bits per heavy atom. The molecule has 0 spiro atoms. The molecule has 0 fully saturated rings. The summed E-state index contributed by atoms with van der Waals surface area (Å²) in [6.45, 7) is 4.54. The smallest absolute Gasteiger partial charge is 0.274 e. The molecule has 34 heavy (non-hydrogen) atoms. The van der Waals surface area contributed by atoms with Gasteiger partial charge in [-0.05, 0) is 56.3 Å². The molecule has 2 amide bonds. The van der Waals surface area contributed by atoms with E-state index in [9.17, 15) is 9.59 Å². The first kappa shape index (κ1) is 23.3. The van der Waals surface area contributed by atoms with Crippen LogP contribution in [0.5, 0.6) is 5.75 Å². The van der Waals surface area contributed by atoms with Gasteiger partial charge in [0.05, 0.1) is 12.4 Å². The molecule has 0 unspecified atom stereocenters. The van der Waals surface area contributed by atoms with Crippen LogP contribution in [-0.2, 0) is 11.8 Å². The van der Waals surface area contributed by atoms with E-state index in [1.54, 1.807) is 29.9 Å². The number of nitrogens with one attached hydrogen (secondary N) is 1. The predicted octanol–water partition coefficient (Wildman–Crippen LogP) is 4.03. The topological polar surface area (TPSA) is 91.0 Å². The van der Waals surface area contributed by atoms with Crippen LogP contribution < -0.4 is 10.1 Å². The number of aryl methyl sites for hydroxylation is 2. The monoisotopic (exact) mass is 475 g/mol. The van der Waals surface area contributed by atoms with Crippen LogP contribution in [0, 0.1) is 6.92 Å². The van der Waals surface area contributed by atoms with Crippen LogP contribution in [0.15, 0.2) is 72.0 Å². The molecule has 0 aliphatic heterocycles. The van der Waals surface area contributed by atoms with Gasteiger partial charge in [0.2, 0.25) is 5.91 Å². The minimum atomic E-state index is -0.438. The second-order valence-electron chi connectivity index (χ2n) is 7.61. The number of imide groups is 1. The lowest BCUT2D eigenvalue weighted by Gasteiger charge is -2.12. The second-order valence-corrected chi connectivity index (χ2v) is 8.55. The molecule has 2 aromatic heterocycles. The highest BCUT2D eigenvalue weighted by Crippen LogP contribution is 2.29. The van der Waals surface area contributed by atoms with Gasteiger partial charge >= 0.3 is 0 Å². The maximum atomic E-state index is 12.5. The summed E-state index contributed by atoms with van der Waals surface area (Å²) in [6, 6.07) is 19.0. The van der Waals surface area contributed by atoms with Gasteiger partial charge < -0.3 is 9.30 Å². The summed E-state index contributed by atoms with van der Waals surface area (Å²) in [6.07, 6.45) is 1.75. The first-order valence-corrected chi connectivity index (χ1v) is 11.8. The van der Waals surface area contributed by atoms with Gasteiger partial charge in [0.15, 0.2) is 11.0 Å². The van der Waals surface area contributed by atoms with Crippen LogP contribution in [0.2, 0.25) is 0 Å². The number of hydrogen-bond acceptors (Lipinski definition) is 6. The summed E-state index contributed by atoms with van der Waals surface area (Å²) in [4.78, 5) is 24.8. The number of aromatic nitrogens is 4. The maximum absolute atomic E-state index is 12.5. The zero-order chi connectivity index (χ0) is 24.1. The fourth-order valence-electron chi connectivity index (χ4n) is 3.48. The number of ether oxygens (including phenoxy) is 1. The van der Waals surface area contributed by atoms with E-state index in [4.69, 9.17) is 4.74 Å². The minimum Gasteiger partial charge on any atom is -0.494 e. The Hall–Kier alpha value is -3.85. The molecule has 0 atom stereocenters. The third-order valence-corrected chi connectivity index (χ3v) is 6.01. The van der Waals surface area contributed by atoms with Crippen molar-refractivity contribution < 1.29 is 14.3 Å². The summed E-state index contributed by atoms with van der Waals surface area (Å²) < 4.78 is 9.13. The lowest BCUT2D eigenvalue weighted by Crippen LogP contribution is -2.33. The fourth-order valence-corrected chi connectivity index (χ4v) is 4.23. The highest BCUT2D eigenvalue weighted by Gasteiger charge is 2.19. The number of carbonyl (C=O) groups excluding carboxylic acids is 2. The van der Waals surface area contributed by atoms with E-state index in [1.807, 2.05) is 66.9 Å². The van der Waals surface area contributed by atoms with Gasteiger partial charge in [0.25, 0.3) is 5.91 Å². The van der Waals surface area contributed by atoms with Crippen molar-refractivity contribution in [2.45, 2.75) is 19.0 Å². The third-order valence-electron chi connectivity index (χ3n) is 5.08. The summed E-state index contributed by atoms with van der Waals surface area (Å²) >= 11 is 1.21. The number of carbonyl (C=O) groups is 2. The van der Waals surface area contributed by atoms with E-state index in [-0.39, 0.29) is 5.75 Å². The quantitative estimate of drug-likeness (QED) is 0.387. The molecule has 0 bridgehead atoms. The Morgan fingerprint density at radius 2 is 1.85 bits per heavy atom. The van der Waals surface area contributed by atoms with Gasteiger partial charge in [-0.2, -0.15) is 0 Å². The fraction of sp³-hybridized carbons (Fsp3) is 0.200. The minimum absolute atomic E-state index is 0.0130. The highest BCUT2D eigenvalue weighted by atomic mass is 32.2. The SMILES string of the molecule is CCOc1ccc(-n2c(SCC(=O)NC(=O)c3cccn3C)nnc2-c2cccc(C)c2)cc1. The Morgan fingerprint density at radius 3 is 2.53 bits per heavy atom. The van der Waals surface area contributed by atoms with Crippen LogP contribution in [0.25, 0.3) is 17.1 Å². The first-order chi connectivity index (χ1) is 16.5. The summed E-state index contributed by atoms with van der Waals surface area (Å²) in [5, 5.41) is 11.7. The maximum Gasteiger partial charge on any atom is 0.274 e. The number of hydrogen-bond donors (Lipinski definition) is 1. The molecule has 1 N–H and O–H groups in total. The molecule has 2 heterocycles. The predicted molar refractivity (Wildman–Crippen MR) is 131 cm³/mol. The Bertz CT molecular complexity index is 1310.